The number of rotatable bonds is 5. The molecule has 1 N–H and O–H groups in total. The van der Waals surface area contributed by atoms with E-state index in [1.54, 1.807) is 16.8 Å². The third kappa shape index (κ3) is 5.13. The average Bonchev–Trinajstić information content (AvgIpc) is 2.50. The van der Waals surface area contributed by atoms with Crippen molar-refractivity contribution in [3.8, 4) is 11.8 Å². The van der Waals surface area contributed by atoms with Crippen LogP contribution in [0, 0.1) is 11.8 Å². The quantitative estimate of drug-likeness (QED) is 0.845. The largest absolute Gasteiger partial charge is 0.395 e. The van der Waals surface area contributed by atoms with Crippen molar-refractivity contribution in [1.29, 1.82) is 0 Å². The summed E-state index contributed by atoms with van der Waals surface area (Å²) >= 11 is 0. The molecule has 114 valence electrons. The highest BCUT2D eigenvalue weighted by Gasteiger charge is 2.15. The number of carbonyl (C=O) groups is 1. The van der Waals surface area contributed by atoms with Crippen molar-refractivity contribution in [3.63, 3.8) is 0 Å². The molecular weight excluding hydrogens is 264 g/mol. The van der Waals surface area contributed by atoms with Gasteiger partial charge in [-0.2, -0.15) is 0 Å². The smallest absolute Gasteiger partial charge is 0.320 e. The van der Waals surface area contributed by atoms with E-state index in [1.807, 2.05) is 38.1 Å². The molecular formula is C17H24N2O2. The van der Waals surface area contributed by atoms with Gasteiger partial charge in [0.1, 0.15) is 0 Å². The van der Waals surface area contributed by atoms with Gasteiger partial charge in [0.2, 0.25) is 0 Å². The highest BCUT2D eigenvalue weighted by molar-refractivity contribution is 5.74. The van der Waals surface area contributed by atoms with Crippen LogP contribution >= 0.6 is 0 Å². The van der Waals surface area contributed by atoms with Crippen LogP contribution in [-0.4, -0.2) is 47.7 Å². The molecule has 0 aliphatic rings. The second-order valence-corrected chi connectivity index (χ2v) is 4.74. The molecule has 0 saturated carbocycles. The van der Waals surface area contributed by atoms with E-state index >= 15 is 0 Å². The fourth-order valence-corrected chi connectivity index (χ4v) is 2.05. The van der Waals surface area contributed by atoms with Gasteiger partial charge in [-0.05, 0) is 25.5 Å². The monoisotopic (exact) mass is 288 g/mol. The minimum atomic E-state index is 0.0260. The molecule has 21 heavy (non-hydrogen) atoms. The molecule has 0 radical (unpaired) electrons. The summed E-state index contributed by atoms with van der Waals surface area (Å²) in [4.78, 5) is 15.8. The molecule has 0 fully saturated rings. The highest BCUT2D eigenvalue weighted by atomic mass is 16.2. The van der Waals surface area contributed by atoms with Crippen LogP contribution in [0.25, 0.3) is 0 Å². The van der Waals surface area contributed by atoms with Crippen LogP contribution in [0.4, 0.5) is 4.79 Å². The van der Waals surface area contributed by atoms with Gasteiger partial charge < -0.3 is 14.9 Å². The number of carbonyl (C=O) groups excluding carboxylic acids is 1. The number of amides is 2. The van der Waals surface area contributed by atoms with Crippen molar-refractivity contribution in [2.45, 2.75) is 26.8 Å². The summed E-state index contributed by atoms with van der Waals surface area (Å²) in [6.07, 6.45) is 0.461. The van der Waals surface area contributed by atoms with Gasteiger partial charge in [0.15, 0.2) is 0 Å². The molecule has 0 aromatic heterocycles. The summed E-state index contributed by atoms with van der Waals surface area (Å²) in [5, 5.41) is 8.79. The average molecular weight is 288 g/mol. The van der Waals surface area contributed by atoms with Crippen LogP contribution in [0.1, 0.15) is 31.4 Å². The lowest BCUT2D eigenvalue weighted by atomic mass is 10.1. The van der Waals surface area contributed by atoms with Crippen molar-refractivity contribution in [3.05, 3.63) is 35.4 Å². The Bertz CT molecular complexity index is 513. The Balaban J connectivity index is 2.83. The Kier molecular flexibility index (Phi) is 7.34. The van der Waals surface area contributed by atoms with Crippen LogP contribution in [0.3, 0.4) is 0 Å². The van der Waals surface area contributed by atoms with E-state index in [-0.39, 0.29) is 12.6 Å². The minimum absolute atomic E-state index is 0.0260. The lowest BCUT2D eigenvalue weighted by Gasteiger charge is -2.26. The first-order chi connectivity index (χ1) is 10.1. The minimum Gasteiger partial charge on any atom is -0.395 e. The first-order valence-electron chi connectivity index (χ1n) is 7.31. The molecule has 0 aliphatic carbocycles. The summed E-state index contributed by atoms with van der Waals surface area (Å²) in [7, 11) is 1.80. The van der Waals surface area contributed by atoms with Gasteiger partial charge in [0.25, 0.3) is 0 Å². The maximum absolute atomic E-state index is 12.3. The number of aliphatic hydroxyl groups excluding tert-OH is 1. The van der Waals surface area contributed by atoms with E-state index in [4.69, 9.17) is 5.11 Å². The Morgan fingerprint density at radius 3 is 2.52 bits per heavy atom. The second kappa shape index (κ2) is 9.04. The second-order valence-electron chi connectivity index (χ2n) is 4.74. The van der Waals surface area contributed by atoms with Gasteiger partial charge in [-0.25, -0.2) is 4.79 Å². The molecule has 0 saturated heterocycles. The Morgan fingerprint density at radius 1 is 1.24 bits per heavy atom. The standard InChI is InChI=1S/C17H24N2O2/c1-4-19(5-2)17(21)18(3)14-16-12-7-6-10-15(16)11-8-9-13-20/h6-7,10,12,20H,4-5,9,13-14H2,1-3H3. The van der Waals surface area contributed by atoms with Gasteiger partial charge in [-0.15, -0.1) is 0 Å². The summed E-state index contributed by atoms with van der Waals surface area (Å²) in [6.45, 7) is 5.96. The number of urea groups is 1. The fraction of sp³-hybridized carbons (Fsp3) is 0.471. The topological polar surface area (TPSA) is 43.8 Å². The predicted octanol–water partition coefficient (Wildman–Crippen LogP) is 2.31. The van der Waals surface area contributed by atoms with E-state index in [0.29, 0.717) is 26.1 Å². The molecule has 0 atom stereocenters. The Hall–Kier alpha value is -1.99. The molecule has 0 aliphatic heterocycles. The van der Waals surface area contributed by atoms with Crippen LogP contribution in [0.5, 0.6) is 0 Å². The van der Waals surface area contributed by atoms with Crippen molar-refractivity contribution in [1.82, 2.24) is 9.80 Å². The van der Waals surface area contributed by atoms with Crippen molar-refractivity contribution in [2.75, 3.05) is 26.7 Å². The number of hydrogen-bond acceptors (Lipinski definition) is 2. The maximum Gasteiger partial charge on any atom is 0.320 e. The fourth-order valence-electron chi connectivity index (χ4n) is 2.05. The molecule has 4 heteroatoms. The number of aliphatic hydroxyl groups is 1. The molecule has 2 amide bonds. The number of nitrogens with zero attached hydrogens (tertiary/aromatic N) is 2. The molecule has 1 rings (SSSR count). The Morgan fingerprint density at radius 2 is 1.90 bits per heavy atom. The van der Waals surface area contributed by atoms with Crippen LogP contribution in [0.15, 0.2) is 24.3 Å². The van der Waals surface area contributed by atoms with Gasteiger partial charge in [-0.3, -0.25) is 0 Å². The first-order valence-corrected chi connectivity index (χ1v) is 7.31. The molecule has 4 nitrogen and oxygen atoms in total. The number of hydrogen-bond donors (Lipinski definition) is 1. The normalized spacial score (nSPS) is 9.71. The van der Waals surface area contributed by atoms with E-state index in [0.717, 1.165) is 11.1 Å². The lowest BCUT2D eigenvalue weighted by Crippen LogP contribution is -2.40. The molecule has 1 aromatic rings. The van der Waals surface area contributed by atoms with Crippen LogP contribution in [-0.2, 0) is 6.54 Å². The van der Waals surface area contributed by atoms with E-state index in [9.17, 15) is 4.79 Å². The predicted molar refractivity (Wildman–Crippen MR) is 84.8 cm³/mol. The zero-order valence-corrected chi connectivity index (χ0v) is 13.1. The van der Waals surface area contributed by atoms with Crippen molar-refractivity contribution >= 4 is 6.03 Å². The Labute approximate surface area is 127 Å². The zero-order chi connectivity index (χ0) is 15.7. The van der Waals surface area contributed by atoms with Gasteiger partial charge in [0.05, 0.1) is 6.61 Å². The van der Waals surface area contributed by atoms with Crippen molar-refractivity contribution < 1.29 is 9.90 Å². The lowest BCUT2D eigenvalue weighted by molar-refractivity contribution is 0.165. The van der Waals surface area contributed by atoms with E-state index in [2.05, 4.69) is 11.8 Å². The summed E-state index contributed by atoms with van der Waals surface area (Å²) in [5.74, 6) is 5.98. The zero-order valence-electron chi connectivity index (χ0n) is 13.1. The molecule has 0 spiro atoms. The third-order valence-electron chi connectivity index (χ3n) is 3.25. The molecule has 0 unspecified atom stereocenters. The SMILES string of the molecule is CCN(CC)C(=O)N(C)Cc1ccccc1C#CCCO. The summed E-state index contributed by atoms with van der Waals surface area (Å²) in [6, 6.07) is 7.82. The van der Waals surface area contributed by atoms with E-state index < -0.39 is 0 Å². The van der Waals surface area contributed by atoms with Gasteiger partial charge >= 0.3 is 6.03 Å². The summed E-state index contributed by atoms with van der Waals surface area (Å²) in [5.41, 5.74) is 1.93. The highest BCUT2D eigenvalue weighted by Crippen LogP contribution is 2.11. The third-order valence-corrected chi connectivity index (χ3v) is 3.25. The first kappa shape index (κ1) is 17.1. The maximum atomic E-state index is 12.3. The number of benzene rings is 1. The summed E-state index contributed by atoms with van der Waals surface area (Å²) < 4.78 is 0. The van der Waals surface area contributed by atoms with Crippen LogP contribution < -0.4 is 0 Å². The molecule has 1 aromatic carbocycles. The van der Waals surface area contributed by atoms with E-state index in [1.165, 1.54) is 0 Å². The van der Waals surface area contributed by atoms with Gasteiger partial charge in [-0.1, -0.05) is 30.0 Å². The van der Waals surface area contributed by atoms with Crippen LogP contribution in [0.2, 0.25) is 0 Å². The van der Waals surface area contributed by atoms with Crippen molar-refractivity contribution in [2.24, 2.45) is 0 Å². The van der Waals surface area contributed by atoms with Gasteiger partial charge in [0, 0.05) is 38.7 Å². The molecule has 0 bridgehead atoms. The molecule has 0 heterocycles.